The smallest absolute Gasteiger partial charge is 0.343 e. The van der Waals surface area contributed by atoms with E-state index in [1.54, 1.807) is 49.6 Å². The van der Waals surface area contributed by atoms with E-state index in [1.165, 1.54) is 0 Å². The molecule has 0 aliphatic carbocycles. The van der Waals surface area contributed by atoms with E-state index in [4.69, 9.17) is 18.9 Å². The Bertz CT molecular complexity index is 1030. The van der Waals surface area contributed by atoms with E-state index in [1.807, 2.05) is 30.3 Å². The highest BCUT2D eigenvalue weighted by atomic mass is 79.9. The molecule has 0 atom stereocenters. The molecule has 0 aliphatic heterocycles. The van der Waals surface area contributed by atoms with Crippen LogP contribution in [-0.2, 0) is 15.9 Å². The lowest BCUT2D eigenvalue weighted by Gasteiger charge is -2.10. The van der Waals surface area contributed by atoms with Gasteiger partial charge in [-0.2, -0.15) is 0 Å². The fourth-order valence-corrected chi connectivity index (χ4v) is 3.29. The lowest BCUT2D eigenvalue weighted by atomic mass is 10.2. The molecule has 0 heterocycles. The fraction of sp³-hybridized carbons (Fsp3) is 0.200. The minimum Gasteiger partial charge on any atom is -0.490 e. The van der Waals surface area contributed by atoms with E-state index >= 15 is 0 Å². The molecule has 0 aliphatic rings. The second-order valence-electron chi connectivity index (χ2n) is 6.77. The van der Waals surface area contributed by atoms with Crippen molar-refractivity contribution in [3.05, 3.63) is 94.0 Å². The van der Waals surface area contributed by atoms with Gasteiger partial charge < -0.3 is 18.9 Å². The average molecular weight is 499 g/mol. The van der Waals surface area contributed by atoms with Crippen molar-refractivity contribution in [1.82, 2.24) is 0 Å². The molecule has 0 spiro atoms. The monoisotopic (exact) mass is 498 g/mol. The van der Waals surface area contributed by atoms with Crippen molar-refractivity contribution in [2.45, 2.75) is 6.42 Å². The van der Waals surface area contributed by atoms with Gasteiger partial charge in [-0.15, -0.1) is 0 Å². The van der Waals surface area contributed by atoms with E-state index < -0.39 is 11.9 Å². The summed E-state index contributed by atoms with van der Waals surface area (Å²) in [5.41, 5.74) is 1.85. The molecular weight excluding hydrogens is 476 g/mol. The Kier molecular flexibility index (Phi) is 8.83. The summed E-state index contributed by atoms with van der Waals surface area (Å²) >= 11 is 3.39. The van der Waals surface area contributed by atoms with Crippen molar-refractivity contribution in [3.63, 3.8) is 0 Å². The van der Waals surface area contributed by atoms with Crippen molar-refractivity contribution in [2.75, 3.05) is 26.9 Å². The van der Waals surface area contributed by atoms with E-state index in [9.17, 15) is 9.59 Å². The zero-order valence-corrected chi connectivity index (χ0v) is 19.2. The lowest BCUT2D eigenvalue weighted by molar-refractivity contribution is 0.0509. The molecule has 6 nitrogen and oxygen atoms in total. The van der Waals surface area contributed by atoms with Gasteiger partial charge in [-0.25, -0.2) is 9.59 Å². The maximum absolute atomic E-state index is 12.4. The van der Waals surface area contributed by atoms with E-state index in [0.717, 1.165) is 5.56 Å². The predicted octanol–water partition coefficient (Wildman–Crippen LogP) is 5.09. The summed E-state index contributed by atoms with van der Waals surface area (Å²) in [6.07, 6.45) is 0.647. The van der Waals surface area contributed by atoms with Gasteiger partial charge in [0.05, 0.1) is 28.8 Å². The Hall–Kier alpha value is -3.16. The van der Waals surface area contributed by atoms with Gasteiger partial charge in [0.25, 0.3) is 0 Å². The molecule has 0 aromatic heterocycles. The third kappa shape index (κ3) is 6.93. The van der Waals surface area contributed by atoms with Crippen LogP contribution in [-0.4, -0.2) is 38.9 Å². The van der Waals surface area contributed by atoms with Gasteiger partial charge in [0.15, 0.2) is 0 Å². The molecule has 0 bridgehead atoms. The molecule has 0 N–H and O–H groups in total. The summed E-state index contributed by atoms with van der Waals surface area (Å²) in [6, 6.07) is 21.0. The maximum atomic E-state index is 12.4. The number of hydrogen-bond acceptors (Lipinski definition) is 6. The number of carbonyl (C=O) groups excluding carboxylic acids is 2. The summed E-state index contributed by atoms with van der Waals surface area (Å²) in [4.78, 5) is 24.6. The standard InChI is InChI=1S/C25H23BrO6/c1-29-15-16-30-23-12-9-20(17-22(23)26)25(28)32-21-10-7-19(8-11-21)24(27)31-14-13-18-5-3-2-4-6-18/h2-12,17H,13-16H2,1H3. The number of halogens is 1. The number of methoxy groups -OCH3 is 1. The molecule has 3 rings (SSSR count). The van der Waals surface area contributed by atoms with E-state index in [0.29, 0.717) is 53.3 Å². The first-order valence-electron chi connectivity index (χ1n) is 10.0. The van der Waals surface area contributed by atoms with Crippen LogP contribution in [0.5, 0.6) is 11.5 Å². The molecule has 0 radical (unpaired) electrons. The van der Waals surface area contributed by atoms with Crippen molar-refractivity contribution in [3.8, 4) is 11.5 Å². The highest BCUT2D eigenvalue weighted by molar-refractivity contribution is 9.10. The number of benzene rings is 3. The van der Waals surface area contributed by atoms with Gasteiger partial charge >= 0.3 is 11.9 Å². The molecule has 0 saturated heterocycles. The highest BCUT2D eigenvalue weighted by Crippen LogP contribution is 2.26. The Morgan fingerprint density at radius 3 is 2.22 bits per heavy atom. The van der Waals surface area contributed by atoms with E-state index in [2.05, 4.69) is 15.9 Å². The molecule has 166 valence electrons. The fourth-order valence-electron chi connectivity index (χ4n) is 2.79. The van der Waals surface area contributed by atoms with Crippen LogP contribution in [0.25, 0.3) is 0 Å². The number of carbonyl (C=O) groups is 2. The van der Waals surface area contributed by atoms with Gasteiger partial charge in [-0.3, -0.25) is 0 Å². The number of esters is 2. The first kappa shape index (κ1) is 23.5. The second kappa shape index (κ2) is 12.0. The normalized spacial score (nSPS) is 10.4. The molecule has 7 heteroatoms. The zero-order chi connectivity index (χ0) is 22.8. The van der Waals surface area contributed by atoms with Crippen LogP contribution in [0.2, 0.25) is 0 Å². The second-order valence-corrected chi connectivity index (χ2v) is 7.63. The Morgan fingerprint density at radius 2 is 1.53 bits per heavy atom. The van der Waals surface area contributed by atoms with E-state index in [-0.39, 0.29) is 0 Å². The van der Waals surface area contributed by atoms with Gasteiger partial charge in [-0.1, -0.05) is 30.3 Å². The van der Waals surface area contributed by atoms with Gasteiger partial charge in [-0.05, 0) is 64.0 Å². The third-order valence-electron chi connectivity index (χ3n) is 4.48. The molecule has 0 saturated carbocycles. The first-order chi connectivity index (χ1) is 15.6. The molecule has 32 heavy (non-hydrogen) atoms. The van der Waals surface area contributed by atoms with Gasteiger partial charge in [0.2, 0.25) is 0 Å². The summed E-state index contributed by atoms with van der Waals surface area (Å²) < 4.78 is 21.8. The third-order valence-corrected chi connectivity index (χ3v) is 5.10. The van der Waals surface area contributed by atoms with Gasteiger partial charge in [0, 0.05) is 13.5 Å². The number of hydrogen-bond donors (Lipinski definition) is 0. The minimum atomic E-state index is -0.521. The first-order valence-corrected chi connectivity index (χ1v) is 10.8. The summed E-state index contributed by atoms with van der Waals surface area (Å²) in [7, 11) is 1.60. The van der Waals surface area contributed by atoms with Crippen LogP contribution >= 0.6 is 15.9 Å². The quantitative estimate of drug-likeness (QED) is 0.220. The van der Waals surface area contributed by atoms with Crippen molar-refractivity contribution in [2.24, 2.45) is 0 Å². The molecule has 0 unspecified atom stereocenters. The summed E-state index contributed by atoms with van der Waals surface area (Å²) in [5.74, 6) is -0.0137. The van der Waals surface area contributed by atoms with Crippen LogP contribution in [0.3, 0.4) is 0 Å². The highest BCUT2D eigenvalue weighted by Gasteiger charge is 2.13. The SMILES string of the molecule is COCCOc1ccc(C(=O)Oc2ccc(C(=O)OCCc3ccccc3)cc2)cc1Br. The average Bonchev–Trinajstić information content (AvgIpc) is 2.81. The summed E-state index contributed by atoms with van der Waals surface area (Å²) in [6.45, 7) is 1.16. The molecule has 3 aromatic carbocycles. The zero-order valence-electron chi connectivity index (χ0n) is 17.6. The van der Waals surface area contributed by atoms with Crippen molar-refractivity contribution < 1.29 is 28.5 Å². The topological polar surface area (TPSA) is 71.1 Å². The Balaban J connectivity index is 1.51. The molecule has 0 fully saturated rings. The predicted molar refractivity (Wildman–Crippen MR) is 123 cm³/mol. The van der Waals surface area contributed by atoms with Crippen molar-refractivity contribution >= 4 is 27.9 Å². The van der Waals surface area contributed by atoms with Crippen molar-refractivity contribution in [1.29, 1.82) is 0 Å². The van der Waals surface area contributed by atoms with Crippen LogP contribution in [0.4, 0.5) is 0 Å². The molecule has 3 aromatic rings. The Labute approximate surface area is 195 Å². The van der Waals surface area contributed by atoms with Gasteiger partial charge in [0.1, 0.15) is 18.1 Å². The molecule has 0 amide bonds. The minimum absolute atomic E-state index is 0.291. The van der Waals surface area contributed by atoms with Crippen LogP contribution in [0.15, 0.2) is 77.3 Å². The Morgan fingerprint density at radius 1 is 0.812 bits per heavy atom. The number of ether oxygens (including phenoxy) is 4. The summed E-state index contributed by atoms with van der Waals surface area (Å²) in [5, 5.41) is 0. The molecular formula is C25H23BrO6. The lowest BCUT2D eigenvalue weighted by Crippen LogP contribution is -2.10. The van der Waals surface area contributed by atoms with Crippen LogP contribution < -0.4 is 9.47 Å². The largest absolute Gasteiger partial charge is 0.490 e. The van der Waals surface area contributed by atoms with Crippen LogP contribution in [0.1, 0.15) is 26.3 Å². The van der Waals surface area contributed by atoms with Crippen LogP contribution in [0, 0.1) is 0 Å². The maximum Gasteiger partial charge on any atom is 0.343 e. The number of rotatable bonds is 10.